The molecule has 56 valence electrons. The molecular weight excluding hydrogens is 120 g/mol. The maximum atomic E-state index is 8.91. The highest BCUT2D eigenvalue weighted by molar-refractivity contribution is 4.64. The molecule has 0 rings (SSSR count). The minimum Gasteiger partial charge on any atom is -0.396 e. The van der Waals surface area contributed by atoms with Gasteiger partial charge >= 0.3 is 0 Å². The molecule has 0 heterocycles. The third-order valence-electron chi connectivity index (χ3n) is 1.49. The molecule has 0 saturated carbocycles. The predicted molar refractivity (Wildman–Crippen MR) is 34.0 cm³/mol. The fraction of sp³-hybridized carbons (Fsp3) is 1.00. The van der Waals surface area contributed by atoms with Crippen LogP contribution in [-0.2, 0) is 0 Å². The van der Waals surface area contributed by atoms with Crippen LogP contribution in [0.2, 0.25) is 0 Å². The molecule has 0 aromatic carbocycles. The van der Waals surface area contributed by atoms with E-state index in [9.17, 15) is 0 Å². The average Bonchev–Trinajstić information content (AvgIpc) is 1.90. The number of aliphatic hydroxyl groups is 3. The summed E-state index contributed by atoms with van der Waals surface area (Å²) in [6, 6.07) is 0. The van der Waals surface area contributed by atoms with Crippen molar-refractivity contribution in [1.82, 2.24) is 0 Å². The summed E-state index contributed by atoms with van der Waals surface area (Å²) in [7, 11) is 0. The smallest absolute Gasteiger partial charge is 0.0820 e. The molecule has 0 unspecified atom stereocenters. The number of rotatable bonds is 4. The van der Waals surface area contributed by atoms with E-state index in [0.29, 0.717) is 6.42 Å². The lowest BCUT2D eigenvalue weighted by Crippen LogP contribution is -2.26. The van der Waals surface area contributed by atoms with Crippen molar-refractivity contribution < 1.29 is 15.3 Å². The molecule has 0 radical (unpaired) electrons. The van der Waals surface area contributed by atoms with Crippen LogP contribution in [-0.4, -0.2) is 34.6 Å². The van der Waals surface area contributed by atoms with Crippen LogP contribution in [0.5, 0.6) is 0 Å². The lowest BCUT2D eigenvalue weighted by molar-refractivity contribution is 0.0212. The van der Waals surface area contributed by atoms with Crippen LogP contribution in [0, 0.1) is 5.92 Å². The van der Waals surface area contributed by atoms with Crippen molar-refractivity contribution in [3.8, 4) is 0 Å². The Morgan fingerprint density at radius 3 is 1.89 bits per heavy atom. The van der Waals surface area contributed by atoms with Gasteiger partial charge in [-0.05, 0) is 6.42 Å². The van der Waals surface area contributed by atoms with Gasteiger partial charge < -0.3 is 15.3 Å². The summed E-state index contributed by atoms with van der Waals surface area (Å²) >= 11 is 0. The lowest BCUT2D eigenvalue weighted by atomic mass is 10.0. The molecule has 0 aliphatic carbocycles. The predicted octanol–water partition coefficient (Wildman–Crippen LogP) is -0.642. The van der Waals surface area contributed by atoms with Crippen LogP contribution in [0.4, 0.5) is 0 Å². The van der Waals surface area contributed by atoms with E-state index in [1.165, 1.54) is 0 Å². The van der Waals surface area contributed by atoms with Crippen molar-refractivity contribution in [3.63, 3.8) is 0 Å². The van der Waals surface area contributed by atoms with Crippen LogP contribution < -0.4 is 0 Å². The van der Waals surface area contributed by atoms with Crippen molar-refractivity contribution in [2.45, 2.75) is 19.4 Å². The largest absolute Gasteiger partial charge is 0.396 e. The van der Waals surface area contributed by atoms with E-state index >= 15 is 0 Å². The highest BCUT2D eigenvalue weighted by Gasteiger charge is 2.14. The minimum absolute atomic E-state index is 0.0573. The summed E-state index contributed by atoms with van der Waals surface area (Å²) < 4.78 is 0. The zero-order valence-corrected chi connectivity index (χ0v) is 5.62. The van der Waals surface area contributed by atoms with Gasteiger partial charge in [-0.25, -0.2) is 0 Å². The number of hydrogen-bond acceptors (Lipinski definition) is 3. The maximum absolute atomic E-state index is 8.91. The first-order valence-corrected chi connectivity index (χ1v) is 3.16. The van der Waals surface area contributed by atoms with Crippen LogP contribution in [0.15, 0.2) is 0 Å². The van der Waals surface area contributed by atoms with E-state index in [4.69, 9.17) is 15.3 Å². The second kappa shape index (κ2) is 4.73. The van der Waals surface area contributed by atoms with E-state index in [0.717, 1.165) is 0 Å². The Morgan fingerprint density at radius 2 is 1.78 bits per heavy atom. The quantitative estimate of drug-likeness (QED) is 0.479. The first kappa shape index (κ1) is 8.88. The van der Waals surface area contributed by atoms with Gasteiger partial charge in [-0.3, -0.25) is 0 Å². The number of aliphatic hydroxyl groups excluding tert-OH is 3. The van der Waals surface area contributed by atoms with Crippen molar-refractivity contribution in [2.24, 2.45) is 5.92 Å². The van der Waals surface area contributed by atoms with E-state index in [2.05, 4.69) is 0 Å². The Kier molecular flexibility index (Phi) is 4.67. The first-order valence-electron chi connectivity index (χ1n) is 3.16. The maximum Gasteiger partial charge on any atom is 0.0820 e. The standard InChI is InChI=1S/C6H14O3/c1-2-5(3-7)6(9)4-8/h5-9H,2-4H2,1H3/t5-,6-/m0/s1. The highest BCUT2D eigenvalue weighted by atomic mass is 16.3. The van der Waals surface area contributed by atoms with Gasteiger partial charge in [0, 0.05) is 12.5 Å². The molecule has 3 N–H and O–H groups in total. The van der Waals surface area contributed by atoms with E-state index < -0.39 is 6.10 Å². The monoisotopic (exact) mass is 134 g/mol. The van der Waals surface area contributed by atoms with Gasteiger partial charge in [0.25, 0.3) is 0 Å². The molecule has 0 aromatic heterocycles. The van der Waals surface area contributed by atoms with Crippen LogP contribution in [0.1, 0.15) is 13.3 Å². The van der Waals surface area contributed by atoms with Gasteiger partial charge in [0.2, 0.25) is 0 Å². The molecular formula is C6H14O3. The van der Waals surface area contributed by atoms with Gasteiger partial charge in [-0.2, -0.15) is 0 Å². The van der Waals surface area contributed by atoms with Crippen LogP contribution >= 0.6 is 0 Å². The molecule has 0 saturated heterocycles. The van der Waals surface area contributed by atoms with E-state index in [-0.39, 0.29) is 19.1 Å². The molecule has 0 aliphatic heterocycles. The van der Waals surface area contributed by atoms with Gasteiger partial charge in [0.15, 0.2) is 0 Å². The third kappa shape index (κ3) is 2.79. The summed E-state index contributed by atoms with van der Waals surface area (Å²) in [6.07, 6.45) is -0.0712. The molecule has 0 bridgehead atoms. The molecule has 0 spiro atoms. The van der Waals surface area contributed by atoms with Crippen LogP contribution in [0.25, 0.3) is 0 Å². The SMILES string of the molecule is CC[C@@H](CO)[C@@H](O)CO. The van der Waals surface area contributed by atoms with Gasteiger partial charge in [0.05, 0.1) is 12.7 Å². The minimum atomic E-state index is -0.764. The lowest BCUT2D eigenvalue weighted by Gasteiger charge is -2.15. The van der Waals surface area contributed by atoms with E-state index in [1.807, 2.05) is 6.92 Å². The Morgan fingerprint density at radius 1 is 1.22 bits per heavy atom. The topological polar surface area (TPSA) is 60.7 Å². The fourth-order valence-electron chi connectivity index (χ4n) is 0.672. The molecule has 3 heteroatoms. The zero-order valence-electron chi connectivity index (χ0n) is 5.62. The Bertz CT molecular complexity index is 61.3. The molecule has 2 atom stereocenters. The van der Waals surface area contributed by atoms with E-state index in [1.54, 1.807) is 0 Å². The third-order valence-corrected chi connectivity index (χ3v) is 1.49. The molecule has 0 fully saturated rings. The summed E-state index contributed by atoms with van der Waals surface area (Å²) in [5.41, 5.74) is 0. The van der Waals surface area contributed by atoms with Crippen molar-refractivity contribution in [2.75, 3.05) is 13.2 Å². The summed E-state index contributed by atoms with van der Waals surface area (Å²) in [5.74, 6) is -0.171. The first-order chi connectivity index (χ1) is 4.26. The fourth-order valence-corrected chi connectivity index (χ4v) is 0.672. The number of hydrogen-bond donors (Lipinski definition) is 3. The second-order valence-electron chi connectivity index (χ2n) is 2.10. The average molecular weight is 134 g/mol. The van der Waals surface area contributed by atoms with Gasteiger partial charge in [-0.15, -0.1) is 0 Å². The molecule has 3 nitrogen and oxygen atoms in total. The molecule has 0 aromatic rings. The molecule has 0 amide bonds. The van der Waals surface area contributed by atoms with Crippen LogP contribution in [0.3, 0.4) is 0 Å². The Hall–Kier alpha value is -0.120. The highest BCUT2D eigenvalue weighted by Crippen LogP contribution is 2.06. The summed E-state index contributed by atoms with van der Waals surface area (Å²) in [5, 5.41) is 25.9. The Balaban J connectivity index is 3.50. The summed E-state index contributed by atoms with van der Waals surface area (Å²) in [4.78, 5) is 0. The second-order valence-corrected chi connectivity index (χ2v) is 2.10. The van der Waals surface area contributed by atoms with Crippen molar-refractivity contribution in [3.05, 3.63) is 0 Å². The molecule has 9 heavy (non-hydrogen) atoms. The van der Waals surface area contributed by atoms with Crippen molar-refractivity contribution >= 4 is 0 Å². The zero-order chi connectivity index (χ0) is 7.28. The molecule has 0 aliphatic rings. The van der Waals surface area contributed by atoms with Crippen molar-refractivity contribution in [1.29, 1.82) is 0 Å². The normalized spacial score (nSPS) is 17.3. The van der Waals surface area contributed by atoms with Gasteiger partial charge in [0.1, 0.15) is 0 Å². The van der Waals surface area contributed by atoms with Gasteiger partial charge in [-0.1, -0.05) is 6.92 Å². The Labute approximate surface area is 54.9 Å². The summed E-state index contributed by atoms with van der Waals surface area (Å²) in [6.45, 7) is 1.54.